The van der Waals surface area contributed by atoms with Crippen molar-refractivity contribution in [1.82, 2.24) is 5.32 Å². The summed E-state index contributed by atoms with van der Waals surface area (Å²) < 4.78 is 5.20. The first-order valence-corrected chi connectivity index (χ1v) is 6.26. The molecule has 1 aliphatic heterocycles. The molecule has 1 saturated heterocycles. The van der Waals surface area contributed by atoms with Crippen LogP contribution in [0.5, 0.6) is 5.75 Å². The molecule has 1 fully saturated rings. The topological polar surface area (TPSA) is 50.4 Å². The molecule has 1 aromatic rings. The Hall–Kier alpha value is -1.55. The highest BCUT2D eigenvalue weighted by Gasteiger charge is 2.35. The molecule has 1 unspecified atom stereocenters. The number of ether oxygens (including phenoxy) is 1. The summed E-state index contributed by atoms with van der Waals surface area (Å²) in [5.41, 5.74) is 1.39. The number of carbonyl (C=O) groups is 1. The van der Waals surface area contributed by atoms with Crippen molar-refractivity contribution in [3.05, 3.63) is 23.8 Å². The van der Waals surface area contributed by atoms with Crippen LogP contribution >= 0.6 is 0 Å². The van der Waals surface area contributed by atoms with Crippen LogP contribution in [-0.4, -0.2) is 25.1 Å². The number of anilines is 1. The Morgan fingerprint density at radius 1 is 1.50 bits per heavy atom. The van der Waals surface area contributed by atoms with Gasteiger partial charge in [-0.15, -0.1) is 0 Å². The molecule has 98 valence electrons. The summed E-state index contributed by atoms with van der Waals surface area (Å²) in [6, 6.07) is 5.66. The first-order valence-electron chi connectivity index (χ1n) is 6.26. The highest BCUT2D eigenvalue weighted by Crippen LogP contribution is 2.24. The molecule has 1 aromatic carbocycles. The Balaban J connectivity index is 2.09. The molecule has 4 nitrogen and oxygen atoms in total. The van der Waals surface area contributed by atoms with Crippen LogP contribution in [0.1, 0.15) is 25.3 Å². The van der Waals surface area contributed by atoms with Gasteiger partial charge in [0.1, 0.15) is 5.75 Å². The third-order valence-corrected chi connectivity index (χ3v) is 3.52. The van der Waals surface area contributed by atoms with E-state index in [9.17, 15) is 4.79 Å². The first-order chi connectivity index (χ1) is 8.55. The summed E-state index contributed by atoms with van der Waals surface area (Å²) in [7, 11) is 1.64. The van der Waals surface area contributed by atoms with Gasteiger partial charge in [-0.05, 0) is 57.0 Å². The Bertz CT molecular complexity index is 451. The van der Waals surface area contributed by atoms with Crippen molar-refractivity contribution >= 4 is 11.6 Å². The van der Waals surface area contributed by atoms with E-state index >= 15 is 0 Å². The van der Waals surface area contributed by atoms with Gasteiger partial charge in [-0.2, -0.15) is 0 Å². The Morgan fingerprint density at radius 3 is 2.83 bits per heavy atom. The number of methoxy groups -OCH3 is 1. The SMILES string of the molecule is COc1ccc(NC(=O)C2(C)CCCN2)cc1C. The van der Waals surface area contributed by atoms with Gasteiger partial charge in [-0.3, -0.25) is 4.79 Å². The fourth-order valence-corrected chi connectivity index (χ4v) is 2.31. The first kappa shape index (κ1) is 12.9. The predicted octanol–water partition coefficient (Wildman–Crippen LogP) is 2.08. The van der Waals surface area contributed by atoms with Crippen LogP contribution in [0.25, 0.3) is 0 Å². The molecule has 1 aliphatic rings. The van der Waals surface area contributed by atoms with E-state index in [1.54, 1.807) is 7.11 Å². The van der Waals surface area contributed by atoms with E-state index in [1.165, 1.54) is 0 Å². The number of nitrogens with one attached hydrogen (secondary N) is 2. The number of amides is 1. The van der Waals surface area contributed by atoms with Gasteiger partial charge in [-0.25, -0.2) is 0 Å². The van der Waals surface area contributed by atoms with Crippen LogP contribution in [0.4, 0.5) is 5.69 Å². The molecule has 0 bridgehead atoms. The monoisotopic (exact) mass is 248 g/mol. The largest absolute Gasteiger partial charge is 0.496 e. The van der Waals surface area contributed by atoms with Gasteiger partial charge in [0.15, 0.2) is 0 Å². The summed E-state index contributed by atoms with van der Waals surface area (Å²) in [6.45, 7) is 4.82. The zero-order valence-electron chi connectivity index (χ0n) is 11.2. The van der Waals surface area contributed by atoms with Crippen molar-refractivity contribution in [3.63, 3.8) is 0 Å². The summed E-state index contributed by atoms with van der Waals surface area (Å²) in [5.74, 6) is 0.864. The lowest BCUT2D eigenvalue weighted by Crippen LogP contribution is -2.47. The second-order valence-electron chi connectivity index (χ2n) is 5.00. The number of rotatable bonds is 3. The Kier molecular flexibility index (Phi) is 3.57. The third-order valence-electron chi connectivity index (χ3n) is 3.52. The maximum absolute atomic E-state index is 12.2. The van der Waals surface area contributed by atoms with Crippen molar-refractivity contribution in [2.45, 2.75) is 32.2 Å². The van der Waals surface area contributed by atoms with E-state index in [2.05, 4.69) is 10.6 Å². The summed E-state index contributed by atoms with van der Waals surface area (Å²) >= 11 is 0. The minimum atomic E-state index is -0.437. The average Bonchev–Trinajstić information content (AvgIpc) is 2.78. The van der Waals surface area contributed by atoms with E-state index in [0.29, 0.717) is 0 Å². The second-order valence-corrected chi connectivity index (χ2v) is 5.00. The molecular formula is C14H20N2O2. The summed E-state index contributed by atoms with van der Waals surface area (Å²) in [5, 5.41) is 6.21. The molecular weight excluding hydrogens is 228 g/mol. The molecule has 18 heavy (non-hydrogen) atoms. The highest BCUT2D eigenvalue weighted by atomic mass is 16.5. The van der Waals surface area contributed by atoms with E-state index in [4.69, 9.17) is 4.74 Å². The molecule has 1 amide bonds. The van der Waals surface area contributed by atoms with Gasteiger partial charge >= 0.3 is 0 Å². The number of hydrogen-bond acceptors (Lipinski definition) is 3. The number of carbonyl (C=O) groups excluding carboxylic acids is 1. The molecule has 1 atom stereocenters. The van der Waals surface area contributed by atoms with Crippen molar-refractivity contribution in [1.29, 1.82) is 0 Å². The third kappa shape index (κ3) is 2.48. The maximum atomic E-state index is 12.2. The van der Waals surface area contributed by atoms with E-state index < -0.39 is 5.54 Å². The van der Waals surface area contributed by atoms with Gasteiger partial charge in [0.25, 0.3) is 0 Å². The van der Waals surface area contributed by atoms with Crippen LogP contribution in [0.3, 0.4) is 0 Å². The smallest absolute Gasteiger partial charge is 0.244 e. The standard InChI is InChI=1S/C14H20N2O2/c1-10-9-11(5-6-12(10)18-3)16-13(17)14(2)7-4-8-15-14/h5-6,9,15H,4,7-8H2,1-3H3,(H,16,17). The molecule has 0 aliphatic carbocycles. The molecule has 0 aromatic heterocycles. The molecule has 0 spiro atoms. The lowest BCUT2D eigenvalue weighted by molar-refractivity contribution is -0.121. The maximum Gasteiger partial charge on any atom is 0.244 e. The van der Waals surface area contributed by atoms with Crippen LogP contribution in [-0.2, 0) is 4.79 Å². The van der Waals surface area contributed by atoms with Crippen molar-refractivity contribution in [3.8, 4) is 5.75 Å². The molecule has 2 N–H and O–H groups in total. The van der Waals surface area contributed by atoms with E-state index in [0.717, 1.165) is 36.4 Å². The zero-order chi connectivity index (χ0) is 13.2. The molecule has 0 radical (unpaired) electrons. The fraction of sp³-hybridized carbons (Fsp3) is 0.500. The lowest BCUT2D eigenvalue weighted by atomic mass is 9.99. The van der Waals surface area contributed by atoms with Crippen LogP contribution < -0.4 is 15.4 Å². The van der Waals surface area contributed by atoms with Crippen LogP contribution in [0.2, 0.25) is 0 Å². The van der Waals surface area contributed by atoms with E-state index in [1.807, 2.05) is 32.0 Å². The summed E-state index contributed by atoms with van der Waals surface area (Å²) in [4.78, 5) is 12.2. The Labute approximate surface area is 108 Å². The molecule has 1 heterocycles. The average molecular weight is 248 g/mol. The minimum Gasteiger partial charge on any atom is -0.496 e. The van der Waals surface area contributed by atoms with Gasteiger partial charge < -0.3 is 15.4 Å². The predicted molar refractivity (Wildman–Crippen MR) is 72.0 cm³/mol. The zero-order valence-corrected chi connectivity index (χ0v) is 11.2. The van der Waals surface area contributed by atoms with Gasteiger partial charge in [0, 0.05) is 5.69 Å². The van der Waals surface area contributed by atoms with Crippen molar-refractivity contribution in [2.75, 3.05) is 19.0 Å². The Morgan fingerprint density at radius 2 is 2.28 bits per heavy atom. The van der Waals surface area contributed by atoms with Gasteiger partial charge in [0.2, 0.25) is 5.91 Å². The number of aryl methyl sites for hydroxylation is 1. The molecule has 0 saturated carbocycles. The van der Waals surface area contributed by atoms with Crippen molar-refractivity contribution in [2.24, 2.45) is 0 Å². The fourth-order valence-electron chi connectivity index (χ4n) is 2.31. The normalized spacial score (nSPS) is 22.8. The second kappa shape index (κ2) is 4.98. The van der Waals surface area contributed by atoms with Gasteiger partial charge in [0.05, 0.1) is 12.6 Å². The van der Waals surface area contributed by atoms with Crippen molar-refractivity contribution < 1.29 is 9.53 Å². The van der Waals surface area contributed by atoms with Crippen LogP contribution in [0, 0.1) is 6.92 Å². The van der Waals surface area contributed by atoms with Gasteiger partial charge in [-0.1, -0.05) is 0 Å². The number of hydrogen-bond donors (Lipinski definition) is 2. The summed E-state index contributed by atoms with van der Waals surface area (Å²) in [6.07, 6.45) is 1.93. The number of benzene rings is 1. The van der Waals surface area contributed by atoms with E-state index in [-0.39, 0.29) is 5.91 Å². The lowest BCUT2D eigenvalue weighted by Gasteiger charge is -2.23. The van der Waals surface area contributed by atoms with Crippen LogP contribution in [0.15, 0.2) is 18.2 Å². The quantitative estimate of drug-likeness (QED) is 0.861. The minimum absolute atomic E-state index is 0.0320. The molecule has 2 rings (SSSR count). The highest BCUT2D eigenvalue weighted by molar-refractivity contribution is 5.98. The molecule has 4 heteroatoms.